The minimum atomic E-state index is 0.269. The van der Waals surface area contributed by atoms with E-state index in [1.165, 1.54) is 12.8 Å². The van der Waals surface area contributed by atoms with E-state index in [9.17, 15) is 0 Å². The van der Waals surface area contributed by atoms with Crippen LogP contribution in [0.3, 0.4) is 0 Å². The summed E-state index contributed by atoms with van der Waals surface area (Å²) in [6.45, 7) is 7.32. The number of aliphatic hydroxyl groups is 1. The molecule has 2 rings (SSSR count). The molecule has 0 bridgehead atoms. The van der Waals surface area contributed by atoms with E-state index in [2.05, 4.69) is 20.8 Å². The van der Waals surface area contributed by atoms with Crippen LogP contribution in [0.1, 0.15) is 33.6 Å². The van der Waals surface area contributed by atoms with Crippen LogP contribution in [0, 0.1) is 22.7 Å². The number of hydrogen-bond acceptors (Lipinski definition) is 1. The third-order valence-corrected chi connectivity index (χ3v) is 4.10. The molecule has 1 nitrogen and oxygen atoms in total. The zero-order valence-corrected chi connectivity index (χ0v) is 7.72. The Morgan fingerprint density at radius 2 is 1.64 bits per heavy atom. The van der Waals surface area contributed by atoms with Crippen LogP contribution in [-0.2, 0) is 0 Å². The molecule has 0 aromatic carbocycles. The Bertz CT molecular complexity index is 169. The van der Waals surface area contributed by atoms with E-state index in [0.717, 1.165) is 11.8 Å². The standard InChI is InChI=1S/C10H18O/c1-9(2)7-4-10(3,6-11)5-8(7)9/h7-8,11H,4-6H2,1-3H3. The van der Waals surface area contributed by atoms with Gasteiger partial charge in [-0.15, -0.1) is 0 Å². The van der Waals surface area contributed by atoms with Crippen molar-refractivity contribution in [1.82, 2.24) is 0 Å². The van der Waals surface area contributed by atoms with Crippen molar-refractivity contribution in [2.75, 3.05) is 6.61 Å². The zero-order valence-electron chi connectivity index (χ0n) is 7.72. The molecule has 2 fully saturated rings. The molecule has 0 aromatic heterocycles. The molecule has 2 saturated carbocycles. The maximum atomic E-state index is 9.13. The topological polar surface area (TPSA) is 20.2 Å². The molecule has 64 valence electrons. The first kappa shape index (κ1) is 7.60. The lowest BCUT2D eigenvalue weighted by Gasteiger charge is -2.26. The molecule has 0 aromatic rings. The molecule has 2 unspecified atom stereocenters. The van der Waals surface area contributed by atoms with Crippen molar-refractivity contribution in [1.29, 1.82) is 0 Å². The summed E-state index contributed by atoms with van der Waals surface area (Å²) in [6.07, 6.45) is 2.50. The van der Waals surface area contributed by atoms with Gasteiger partial charge in [0.2, 0.25) is 0 Å². The quantitative estimate of drug-likeness (QED) is 0.613. The van der Waals surface area contributed by atoms with Crippen LogP contribution in [0.2, 0.25) is 0 Å². The highest BCUT2D eigenvalue weighted by Gasteiger charge is 2.64. The molecule has 2 atom stereocenters. The maximum Gasteiger partial charge on any atom is 0.0484 e. The minimum absolute atomic E-state index is 0.269. The zero-order chi connectivity index (χ0) is 8.28. The first-order valence-electron chi connectivity index (χ1n) is 4.60. The van der Waals surface area contributed by atoms with Gasteiger partial charge >= 0.3 is 0 Å². The van der Waals surface area contributed by atoms with Gasteiger partial charge < -0.3 is 5.11 Å². The van der Waals surface area contributed by atoms with Crippen molar-refractivity contribution in [2.45, 2.75) is 33.6 Å². The molecule has 0 saturated heterocycles. The molecule has 2 aliphatic carbocycles. The van der Waals surface area contributed by atoms with Crippen LogP contribution >= 0.6 is 0 Å². The molecule has 0 heterocycles. The normalized spacial score (nSPS) is 52.4. The molecule has 0 amide bonds. The maximum absolute atomic E-state index is 9.13. The first-order chi connectivity index (χ1) is 4.99. The lowest BCUT2D eigenvalue weighted by Crippen LogP contribution is -2.21. The van der Waals surface area contributed by atoms with Gasteiger partial charge in [0.1, 0.15) is 0 Å². The molecule has 11 heavy (non-hydrogen) atoms. The molecular weight excluding hydrogens is 136 g/mol. The van der Waals surface area contributed by atoms with E-state index in [1.807, 2.05) is 0 Å². The van der Waals surface area contributed by atoms with Crippen molar-refractivity contribution < 1.29 is 5.11 Å². The van der Waals surface area contributed by atoms with Crippen LogP contribution in [0.4, 0.5) is 0 Å². The Morgan fingerprint density at radius 3 is 2.00 bits per heavy atom. The van der Waals surface area contributed by atoms with Crippen molar-refractivity contribution in [3.05, 3.63) is 0 Å². The van der Waals surface area contributed by atoms with E-state index in [0.29, 0.717) is 12.0 Å². The van der Waals surface area contributed by atoms with Crippen LogP contribution in [0.15, 0.2) is 0 Å². The van der Waals surface area contributed by atoms with Crippen molar-refractivity contribution >= 4 is 0 Å². The summed E-state index contributed by atoms with van der Waals surface area (Å²) in [6, 6.07) is 0. The summed E-state index contributed by atoms with van der Waals surface area (Å²) in [5.74, 6) is 1.83. The fourth-order valence-corrected chi connectivity index (χ4v) is 2.94. The van der Waals surface area contributed by atoms with Gasteiger partial charge in [0, 0.05) is 6.61 Å². The van der Waals surface area contributed by atoms with Crippen LogP contribution in [0.25, 0.3) is 0 Å². The van der Waals surface area contributed by atoms with E-state index in [-0.39, 0.29) is 5.41 Å². The van der Waals surface area contributed by atoms with Crippen LogP contribution < -0.4 is 0 Å². The number of rotatable bonds is 1. The summed E-state index contributed by atoms with van der Waals surface area (Å²) in [4.78, 5) is 0. The smallest absolute Gasteiger partial charge is 0.0484 e. The average Bonchev–Trinajstić information content (AvgIpc) is 2.31. The molecule has 0 aliphatic heterocycles. The van der Waals surface area contributed by atoms with Gasteiger partial charge in [-0.25, -0.2) is 0 Å². The van der Waals surface area contributed by atoms with E-state index < -0.39 is 0 Å². The Labute approximate surface area is 68.8 Å². The van der Waals surface area contributed by atoms with Gasteiger partial charge in [-0.2, -0.15) is 0 Å². The van der Waals surface area contributed by atoms with Gasteiger partial charge in [-0.1, -0.05) is 20.8 Å². The van der Waals surface area contributed by atoms with Crippen LogP contribution in [-0.4, -0.2) is 11.7 Å². The summed E-state index contributed by atoms with van der Waals surface area (Å²) >= 11 is 0. The number of hydrogen-bond donors (Lipinski definition) is 1. The Balaban J connectivity index is 2.04. The van der Waals surface area contributed by atoms with Gasteiger partial charge in [0.15, 0.2) is 0 Å². The predicted molar refractivity (Wildman–Crippen MR) is 45.2 cm³/mol. The fourth-order valence-electron chi connectivity index (χ4n) is 2.94. The van der Waals surface area contributed by atoms with Gasteiger partial charge in [0.05, 0.1) is 0 Å². The minimum Gasteiger partial charge on any atom is -0.396 e. The monoisotopic (exact) mass is 154 g/mol. The fraction of sp³-hybridized carbons (Fsp3) is 1.00. The van der Waals surface area contributed by atoms with Gasteiger partial charge in [0.25, 0.3) is 0 Å². The highest BCUT2D eigenvalue weighted by atomic mass is 16.3. The Kier molecular flexibility index (Phi) is 1.26. The Morgan fingerprint density at radius 1 is 1.18 bits per heavy atom. The molecule has 0 spiro atoms. The lowest BCUT2D eigenvalue weighted by molar-refractivity contribution is 0.121. The van der Waals surface area contributed by atoms with Gasteiger partial charge in [-0.3, -0.25) is 0 Å². The molecular formula is C10H18O. The van der Waals surface area contributed by atoms with Crippen LogP contribution in [0.5, 0.6) is 0 Å². The lowest BCUT2D eigenvalue weighted by atomic mass is 9.81. The highest BCUT2D eigenvalue weighted by molar-refractivity contribution is 5.13. The summed E-state index contributed by atoms with van der Waals surface area (Å²) in [7, 11) is 0. The first-order valence-corrected chi connectivity index (χ1v) is 4.60. The summed E-state index contributed by atoms with van der Waals surface area (Å²) in [5, 5.41) is 9.13. The second-order valence-electron chi connectivity index (χ2n) is 5.41. The van der Waals surface area contributed by atoms with Crippen molar-refractivity contribution in [2.24, 2.45) is 22.7 Å². The SMILES string of the molecule is CC1(CO)CC2C(C1)C2(C)C. The number of fused-ring (bicyclic) bond motifs is 1. The summed E-state index contributed by atoms with van der Waals surface area (Å²) < 4.78 is 0. The third kappa shape index (κ3) is 0.868. The van der Waals surface area contributed by atoms with E-state index in [1.54, 1.807) is 0 Å². The molecule has 1 heteroatoms. The summed E-state index contributed by atoms with van der Waals surface area (Å²) in [5.41, 5.74) is 0.875. The van der Waals surface area contributed by atoms with Gasteiger partial charge in [-0.05, 0) is 35.5 Å². The highest BCUT2D eigenvalue weighted by Crippen LogP contribution is 2.71. The van der Waals surface area contributed by atoms with E-state index in [4.69, 9.17) is 5.11 Å². The second-order valence-corrected chi connectivity index (χ2v) is 5.41. The second kappa shape index (κ2) is 1.82. The van der Waals surface area contributed by atoms with Crippen molar-refractivity contribution in [3.63, 3.8) is 0 Å². The largest absolute Gasteiger partial charge is 0.396 e. The molecule has 0 radical (unpaired) electrons. The Hall–Kier alpha value is -0.0400. The predicted octanol–water partition coefficient (Wildman–Crippen LogP) is 2.05. The van der Waals surface area contributed by atoms with E-state index >= 15 is 0 Å². The molecule has 2 aliphatic rings. The third-order valence-electron chi connectivity index (χ3n) is 4.10. The molecule has 1 N–H and O–H groups in total. The van der Waals surface area contributed by atoms with Crippen molar-refractivity contribution in [3.8, 4) is 0 Å². The average molecular weight is 154 g/mol. The number of aliphatic hydroxyl groups excluding tert-OH is 1.